The molecule has 2 heteroatoms. The van der Waals surface area contributed by atoms with E-state index in [-0.39, 0.29) is 5.41 Å². The maximum absolute atomic E-state index is 7.17. The number of rotatable bonds is 4. The first-order chi connectivity index (χ1) is 32.5. The van der Waals surface area contributed by atoms with Crippen LogP contribution in [0.5, 0.6) is 11.5 Å². The molecule has 1 heterocycles. The van der Waals surface area contributed by atoms with Crippen molar-refractivity contribution in [3.8, 4) is 44.9 Å². The highest BCUT2D eigenvalue weighted by Gasteiger charge is 2.52. The van der Waals surface area contributed by atoms with E-state index in [0.29, 0.717) is 0 Å². The summed E-state index contributed by atoms with van der Waals surface area (Å²) in [5.41, 5.74) is 17.9. The van der Waals surface area contributed by atoms with Crippen LogP contribution in [0.3, 0.4) is 0 Å². The fraction of sp³-hybridized carbons (Fsp3) is 0.0625. The van der Waals surface area contributed by atoms with E-state index in [1.807, 2.05) is 0 Å². The van der Waals surface area contributed by atoms with Crippen molar-refractivity contribution < 1.29 is 4.74 Å². The molecule has 0 bridgehead atoms. The molecule has 0 amide bonds. The minimum absolute atomic E-state index is 0.114. The lowest BCUT2D eigenvalue weighted by molar-refractivity contribution is 0.447. The van der Waals surface area contributed by atoms with Crippen LogP contribution >= 0.6 is 0 Å². The first kappa shape index (κ1) is 37.2. The van der Waals surface area contributed by atoms with Crippen LogP contribution in [-0.4, -0.2) is 0 Å². The van der Waals surface area contributed by atoms with E-state index in [2.05, 4.69) is 243 Å². The Hall–Kier alpha value is -8.20. The van der Waals surface area contributed by atoms with Gasteiger partial charge < -0.3 is 9.64 Å². The Balaban J connectivity index is 0.932. The van der Waals surface area contributed by atoms with Gasteiger partial charge in [-0.15, -0.1) is 0 Å². The molecule has 66 heavy (non-hydrogen) atoms. The zero-order valence-electron chi connectivity index (χ0n) is 36.7. The van der Waals surface area contributed by atoms with Crippen molar-refractivity contribution in [2.75, 3.05) is 4.90 Å². The van der Waals surface area contributed by atoms with Crippen LogP contribution in [-0.2, 0) is 10.8 Å². The Labute approximate surface area is 384 Å². The number of nitrogens with zero attached hydrogens (tertiary/aromatic N) is 1. The van der Waals surface area contributed by atoms with Gasteiger partial charge in [0.1, 0.15) is 11.5 Å². The van der Waals surface area contributed by atoms with Gasteiger partial charge in [-0.3, -0.25) is 0 Å². The first-order valence-corrected chi connectivity index (χ1v) is 23.1. The summed E-state index contributed by atoms with van der Waals surface area (Å²) in [6.07, 6.45) is 0. The maximum Gasteiger partial charge on any atom is 0.140 e. The molecule has 0 saturated carbocycles. The SMILES string of the molecule is CC1(C)c2ccccc2-c2ccc(N(c3ccc(-c4ccc5c(c4)-c4ccccc4C54c5ccc6ccccc6c5Oc5c4ccc4ccccc54)cc3)c3cccc4ccccc34)cc21. The Morgan fingerprint density at radius 2 is 0.833 bits per heavy atom. The van der Waals surface area contributed by atoms with Gasteiger partial charge in [0.05, 0.1) is 11.1 Å². The van der Waals surface area contributed by atoms with Crippen LogP contribution in [0.1, 0.15) is 47.2 Å². The molecular formula is C64H43NO. The molecule has 0 N–H and O–H groups in total. The van der Waals surface area contributed by atoms with Crippen molar-refractivity contribution in [1.29, 1.82) is 0 Å². The van der Waals surface area contributed by atoms with E-state index in [0.717, 1.165) is 39.3 Å². The van der Waals surface area contributed by atoms with Gasteiger partial charge in [-0.1, -0.05) is 202 Å². The lowest BCUT2D eigenvalue weighted by Crippen LogP contribution is -2.32. The molecule has 1 aliphatic heterocycles. The van der Waals surface area contributed by atoms with Crippen LogP contribution < -0.4 is 9.64 Å². The highest BCUT2D eigenvalue weighted by Crippen LogP contribution is 2.64. The molecule has 0 fully saturated rings. The molecule has 0 radical (unpaired) electrons. The predicted molar refractivity (Wildman–Crippen MR) is 274 cm³/mol. The minimum Gasteiger partial charge on any atom is -0.455 e. The molecule has 14 rings (SSSR count). The second kappa shape index (κ2) is 13.7. The van der Waals surface area contributed by atoms with E-state index in [1.165, 1.54) is 88.3 Å². The van der Waals surface area contributed by atoms with Gasteiger partial charge >= 0.3 is 0 Å². The molecule has 0 aromatic heterocycles. The van der Waals surface area contributed by atoms with E-state index >= 15 is 0 Å². The average Bonchev–Trinajstić information content (AvgIpc) is 3.79. The molecule has 0 unspecified atom stereocenters. The Bertz CT molecular complexity index is 3750. The van der Waals surface area contributed by atoms with Crippen molar-refractivity contribution in [3.05, 3.63) is 258 Å². The van der Waals surface area contributed by atoms with E-state index in [4.69, 9.17) is 4.74 Å². The standard InChI is InChI=1S/C64H43NO/c1-63(2)54-23-11-9-21-50(54)52-34-33-46(39-59(52)63)65(60-25-13-17-41-14-3-6-18-47(41)60)45-31-26-40(27-32-45)44-30-35-56-53(38-44)51-22-10-12-24-55(51)64(56)57-36-28-42-15-4-7-19-48(42)61(57)66-62-49-20-8-5-16-43(49)29-37-58(62)64/h3-39H,1-2H3. The van der Waals surface area contributed by atoms with Crippen molar-refractivity contribution >= 4 is 49.4 Å². The van der Waals surface area contributed by atoms with Crippen molar-refractivity contribution in [2.24, 2.45) is 0 Å². The quantitative estimate of drug-likeness (QED) is 0.175. The summed E-state index contributed by atoms with van der Waals surface area (Å²) in [5.74, 6) is 1.87. The molecule has 1 spiro atoms. The van der Waals surface area contributed by atoms with Crippen LogP contribution in [0.15, 0.2) is 224 Å². The molecule has 11 aromatic rings. The Morgan fingerprint density at radius 1 is 0.333 bits per heavy atom. The molecule has 2 nitrogen and oxygen atoms in total. The van der Waals surface area contributed by atoms with Crippen molar-refractivity contribution in [3.63, 3.8) is 0 Å². The van der Waals surface area contributed by atoms with Gasteiger partial charge in [0.2, 0.25) is 0 Å². The summed E-state index contributed by atoms with van der Waals surface area (Å²) in [6.45, 7) is 4.72. The van der Waals surface area contributed by atoms with Gasteiger partial charge in [-0.05, 0) is 108 Å². The second-order valence-electron chi connectivity index (χ2n) is 18.8. The lowest BCUT2D eigenvalue weighted by atomic mass is 9.65. The van der Waals surface area contributed by atoms with E-state index < -0.39 is 5.41 Å². The van der Waals surface area contributed by atoms with Gasteiger partial charge in [0.25, 0.3) is 0 Å². The fourth-order valence-electron chi connectivity index (χ4n) is 12.1. The topological polar surface area (TPSA) is 12.5 Å². The predicted octanol–water partition coefficient (Wildman–Crippen LogP) is 17.1. The smallest absolute Gasteiger partial charge is 0.140 e. The number of hydrogen-bond acceptors (Lipinski definition) is 2. The number of ether oxygens (including phenoxy) is 1. The highest BCUT2D eigenvalue weighted by molar-refractivity contribution is 6.02. The van der Waals surface area contributed by atoms with Crippen LogP contribution in [0, 0.1) is 0 Å². The van der Waals surface area contributed by atoms with E-state index in [9.17, 15) is 0 Å². The summed E-state index contributed by atoms with van der Waals surface area (Å²) in [7, 11) is 0. The first-order valence-electron chi connectivity index (χ1n) is 23.1. The fourth-order valence-corrected chi connectivity index (χ4v) is 12.1. The number of anilines is 3. The zero-order valence-corrected chi connectivity index (χ0v) is 36.7. The van der Waals surface area contributed by atoms with Crippen LogP contribution in [0.25, 0.3) is 65.7 Å². The largest absolute Gasteiger partial charge is 0.455 e. The monoisotopic (exact) mass is 841 g/mol. The van der Waals surface area contributed by atoms with Crippen molar-refractivity contribution in [1.82, 2.24) is 0 Å². The Kier molecular flexibility index (Phi) is 7.70. The zero-order chi connectivity index (χ0) is 43.7. The molecule has 0 atom stereocenters. The third kappa shape index (κ3) is 5.01. The summed E-state index contributed by atoms with van der Waals surface area (Å²) < 4.78 is 7.17. The van der Waals surface area contributed by atoms with Crippen LogP contribution in [0.4, 0.5) is 17.1 Å². The van der Waals surface area contributed by atoms with Gasteiger partial charge in [0.15, 0.2) is 0 Å². The summed E-state index contributed by atoms with van der Waals surface area (Å²) >= 11 is 0. The molecule has 3 aliphatic rings. The highest BCUT2D eigenvalue weighted by atomic mass is 16.5. The summed E-state index contributed by atoms with van der Waals surface area (Å²) in [6, 6.07) is 83.2. The molecule has 2 aliphatic carbocycles. The van der Waals surface area contributed by atoms with Crippen molar-refractivity contribution in [2.45, 2.75) is 24.7 Å². The van der Waals surface area contributed by atoms with E-state index in [1.54, 1.807) is 0 Å². The average molecular weight is 842 g/mol. The third-order valence-electron chi connectivity index (χ3n) is 15.1. The van der Waals surface area contributed by atoms with Gasteiger partial charge in [0, 0.05) is 44.1 Å². The number of fused-ring (bicyclic) bond motifs is 17. The van der Waals surface area contributed by atoms with Gasteiger partial charge in [-0.25, -0.2) is 0 Å². The second-order valence-corrected chi connectivity index (χ2v) is 18.8. The molecular weight excluding hydrogens is 799 g/mol. The maximum atomic E-state index is 7.17. The summed E-state index contributed by atoms with van der Waals surface area (Å²) in [5, 5.41) is 7.03. The molecule has 11 aromatic carbocycles. The van der Waals surface area contributed by atoms with Crippen LogP contribution in [0.2, 0.25) is 0 Å². The number of benzene rings is 11. The minimum atomic E-state index is -0.573. The third-order valence-corrected chi connectivity index (χ3v) is 15.1. The summed E-state index contributed by atoms with van der Waals surface area (Å²) in [4.78, 5) is 2.45. The normalized spacial score (nSPS) is 14.3. The van der Waals surface area contributed by atoms with Gasteiger partial charge in [-0.2, -0.15) is 0 Å². The Morgan fingerprint density at radius 3 is 1.53 bits per heavy atom. The lowest BCUT2D eigenvalue weighted by Gasteiger charge is -2.40. The molecule has 0 saturated heterocycles. The molecule has 310 valence electrons. The number of hydrogen-bond donors (Lipinski definition) is 0.